The summed E-state index contributed by atoms with van der Waals surface area (Å²) >= 11 is 0. The topological polar surface area (TPSA) is 40.5 Å². The van der Waals surface area contributed by atoms with Gasteiger partial charge in [-0.2, -0.15) is 0 Å². The number of hydrogen-bond donors (Lipinski definition) is 1. The molecular weight excluding hydrogens is 281 g/mol. The first kappa shape index (κ1) is 15.3. The number of aliphatic carboxylic acids is 1. The third-order valence-corrected chi connectivity index (χ3v) is 4.47. The van der Waals surface area contributed by atoms with Gasteiger partial charge in [0, 0.05) is 6.04 Å². The molecule has 1 aromatic rings. The predicted octanol–water partition coefficient (Wildman–Crippen LogP) is 3.03. The van der Waals surface area contributed by atoms with Gasteiger partial charge in [-0.05, 0) is 62.0 Å². The quantitative estimate of drug-likeness (QED) is 0.912. The molecule has 0 aromatic heterocycles. The largest absolute Gasteiger partial charge is 0.481 e. The number of nitrogens with zero attached hydrogens (tertiary/aromatic N) is 1. The summed E-state index contributed by atoms with van der Waals surface area (Å²) in [7, 11) is 0. The summed E-state index contributed by atoms with van der Waals surface area (Å²) in [5, 5.41) is 9.02. The Morgan fingerprint density at radius 1 is 1.25 bits per heavy atom. The molecule has 3 rings (SSSR count). The van der Waals surface area contributed by atoms with Crippen molar-refractivity contribution in [2.75, 3.05) is 13.1 Å². The lowest BCUT2D eigenvalue weighted by Gasteiger charge is -2.35. The van der Waals surface area contributed by atoms with Gasteiger partial charge in [0.15, 0.2) is 0 Å². The molecule has 0 amide bonds. The van der Waals surface area contributed by atoms with Crippen molar-refractivity contribution in [1.29, 1.82) is 0 Å². The Balaban J connectivity index is 0.00000147. The average molecular weight is 300 g/mol. The Labute approximate surface area is 124 Å². The lowest BCUT2D eigenvalue weighted by Crippen LogP contribution is -2.38. The molecule has 2 aliphatic rings. The monoisotopic (exact) mass is 299 g/mol. The second kappa shape index (κ2) is 6.10. The van der Waals surface area contributed by atoms with Gasteiger partial charge in [-0.1, -0.05) is 6.07 Å². The fourth-order valence-electron chi connectivity index (χ4n) is 3.39. The molecule has 1 heterocycles. The number of hydrogen-bond acceptors (Lipinski definition) is 2. The van der Waals surface area contributed by atoms with E-state index in [-0.39, 0.29) is 30.2 Å². The van der Waals surface area contributed by atoms with Crippen molar-refractivity contribution >= 4 is 18.4 Å². The van der Waals surface area contributed by atoms with Crippen LogP contribution in [0.15, 0.2) is 18.2 Å². The second-order valence-electron chi connectivity index (χ2n) is 5.55. The van der Waals surface area contributed by atoms with Gasteiger partial charge in [-0.3, -0.25) is 9.69 Å². The van der Waals surface area contributed by atoms with Gasteiger partial charge in [-0.25, -0.2) is 4.39 Å². The Kier molecular flexibility index (Phi) is 4.66. The summed E-state index contributed by atoms with van der Waals surface area (Å²) in [5.74, 6) is -1.06. The van der Waals surface area contributed by atoms with E-state index in [0.29, 0.717) is 12.8 Å². The summed E-state index contributed by atoms with van der Waals surface area (Å²) in [6, 6.07) is 5.34. The molecule has 1 aliphatic heterocycles. The molecule has 3 nitrogen and oxygen atoms in total. The van der Waals surface area contributed by atoms with E-state index in [2.05, 4.69) is 4.90 Å². The molecule has 1 N–H and O–H groups in total. The third-order valence-electron chi connectivity index (χ3n) is 4.47. The SMILES string of the molecule is Cl.O=C(O)C1CCN(C2CCc3ccc(F)cc32)CC1. The fraction of sp³-hybridized carbons (Fsp3) is 0.533. The number of carboxylic acid groups (broad SMARTS) is 1. The molecule has 1 unspecified atom stereocenters. The van der Waals surface area contributed by atoms with Crippen molar-refractivity contribution in [2.24, 2.45) is 5.92 Å². The summed E-state index contributed by atoms with van der Waals surface area (Å²) in [6.07, 6.45) is 3.43. The van der Waals surface area contributed by atoms with Crippen LogP contribution in [-0.4, -0.2) is 29.1 Å². The number of halogens is 2. The fourth-order valence-corrected chi connectivity index (χ4v) is 3.39. The molecule has 1 aromatic carbocycles. The zero-order valence-corrected chi connectivity index (χ0v) is 12.0. The zero-order chi connectivity index (χ0) is 13.4. The van der Waals surface area contributed by atoms with Gasteiger partial charge >= 0.3 is 5.97 Å². The minimum Gasteiger partial charge on any atom is -0.481 e. The van der Waals surface area contributed by atoms with Crippen LogP contribution in [0.4, 0.5) is 4.39 Å². The highest BCUT2D eigenvalue weighted by Gasteiger charge is 2.32. The normalized spacial score (nSPS) is 23.1. The highest BCUT2D eigenvalue weighted by atomic mass is 35.5. The van der Waals surface area contributed by atoms with Crippen LogP contribution in [0.5, 0.6) is 0 Å². The number of aryl methyl sites for hydroxylation is 1. The van der Waals surface area contributed by atoms with E-state index in [1.807, 2.05) is 6.07 Å². The van der Waals surface area contributed by atoms with Crippen LogP contribution < -0.4 is 0 Å². The number of benzene rings is 1. The molecule has 1 atom stereocenters. The van der Waals surface area contributed by atoms with Crippen LogP contribution in [-0.2, 0) is 11.2 Å². The van der Waals surface area contributed by atoms with Crippen molar-refractivity contribution in [1.82, 2.24) is 4.90 Å². The molecular formula is C15H19ClFNO2. The molecule has 1 saturated heterocycles. The number of rotatable bonds is 2. The maximum atomic E-state index is 13.4. The summed E-state index contributed by atoms with van der Waals surface area (Å²) in [5.41, 5.74) is 2.35. The Bertz CT molecular complexity index is 501. The van der Waals surface area contributed by atoms with Crippen molar-refractivity contribution in [3.05, 3.63) is 35.1 Å². The summed E-state index contributed by atoms with van der Waals surface area (Å²) in [4.78, 5) is 13.3. The van der Waals surface area contributed by atoms with Gasteiger partial charge in [0.25, 0.3) is 0 Å². The van der Waals surface area contributed by atoms with Crippen LogP contribution in [0.25, 0.3) is 0 Å². The number of likely N-dealkylation sites (tertiary alicyclic amines) is 1. The van der Waals surface area contributed by atoms with E-state index in [0.717, 1.165) is 31.5 Å². The molecule has 0 bridgehead atoms. The Morgan fingerprint density at radius 3 is 2.60 bits per heavy atom. The standard InChI is InChI=1S/C15H18FNO2.ClH/c16-12-3-1-10-2-4-14(13(10)9-12)17-7-5-11(6-8-17)15(18)19;/h1,3,9,11,14H,2,4-8H2,(H,18,19);1H. The average Bonchev–Trinajstić information content (AvgIpc) is 2.81. The maximum Gasteiger partial charge on any atom is 0.306 e. The van der Waals surface area contributed by atoms with Crippen LogP contribution >= 0.6 is 12.4 Å². The minimum atomic E-state index is -0.683. The minimum absolute atomic E-state index is 0. The van der Waals surface area contributed by atoms with Crippen molar-refractivity contribution in [3.63, 3.8) is 0 Å². The lowest BCUT2D eigenvalue weighted by molar-refractivity contribution is -0.143. The zero-order valence-electron chi connectivity index (χ0n) is 11.2. The first-order valence-electron chi connectivity index (χ1n) is 6.90. The van der Waals surface area contributed by atoms with Crippen molar-refractivity contribution < 1.29 is 14.3 Å². The molecule has 0 saturated carbocycles. The highest BCUT2D eigenvalue weighted by molar-refractivity contribution is 5.85. The van der Waals surface area contributed by atoms with Crippen LogP contribution in [0.3, 0.4) is 0 Å². The molecule has 0 spiro atoms. The highest BCUT2D eigenvalue weighted by Crippen LogP contribution is 2.38. The predicted molar refractivity (Wildman–Crippen MR) is 76.6 cm³/mol. The molecule has 20 heavy (non-hydrogen) atoms. The molecule has 1 aliphatic carbocycles. The van der Waals surface area contributed by atoms with Crippen molar-refractivity contribution in [2.45, 2.75) is 31.7 Å². The van der Waals surface area contributed by atoms with E-state index in [4.69, 9.17) is 5.11 Å². The number of fused-ring (bicyclic) bond motifs is 1. The van der Waals surface area contributed by atoms with E-state index >= 15 is 0 Å². The van der Waals surface area contributed by atoms with Crippen LogP contribution in [0, 0.1) is 11.7 Å². The first-order chi connectivity index (χ1) is 9.15. The van der Waals surface area contributed by atoms with E-state index in [1.54, 1.807) is 6.07 Å². The number of piperidine rings is 1. The Morgan fingerprint density at radius 2 is 1.95 bits per heavy atom. The smallest absolute Gasteiger partial charge is 0.306 e. The van der Waals surface area contributed by atoms with Gasteiger partial charge in [0.2, 0.25) is 0 Å². The number of carbonyl (C=O) groups is 1. The molecule has 1 fully saturated rings. The van der Waals surface area contributed by atoms with Gasteiger partial charge in [0.1, 0.15) is 5.82 Å². The van der Waals surface area contributed by atoms with Gasteiger partial charge < -0.3 is 5.11 Å². The van der Waals surface area contributed by atoms with Crippen LogP contribution in [0.2, 0.25) is 0 Å². The lowest BCUT2D eigenvalue weighted by atomic mass is 9.95. The van der Waals surface area contributed by atoms with Gasteiger partial charge in [0.05, 0.1) is 5.92 Å². The van der Waals surface area contributed by atoms with E-state index < -0.39 is 5.97 Å². The van der Waals surface area contributed by atoms with E-state index in [1.165, 1.54) is 11.6 Å². The molecule has 5 heteroatoms. The van der Waals surface area contributed by atoms with E-state index in [9.17, 15) is 9.18 Å². The summed E-state index contributed by atoms with van der Waals surface area (Å²) in [6.45, 7) is 1.61. The molecule has 0 radical (unpaired) electrons. The third kappa shape index (κ3) is 2.81. The Hall–Kier alpha value is -1.13. The first-order valence-corrected chi connectivity index (χ1v) is 6.90. The van der Waals surface area contributed by atoms with Crippen molar-refractivity contribution in [3.8, 4) is 0 Å². The van der Waals surface area contributed by atoms with Crippen LogP contribution in [0.1, 0.15) is 36.4 Å². The number of carboxylic acids is 1. The summed E-state index contributed by atoms with van der Waals surface area (Å²) < 4.78 is 13.4. The molecule has 110 valence electrons. The van der Waals surface area contributed by atoms with Gasteiger partial charge in [-0.15, -0.1) is 12.4 Å². The second-order valence-corrected chi connectivity index (χ2v) is 5.55. The maximum absolute atomic E-state index is 13.4.